The maximum Gasteiger partial charge on any atom is 0.218 e. The monoisotopic (exact) mass is 276 g/mol. The molecule has 1 aliphatic heterocycles. The molecule has 0 aliphatic carbocycles. The second kappa shape index (κ2) is 6.87. The second-order valence-corrected chi connectivity index (χ2v) is 8.03. The quantitative estimate of drug-likeness (QED) is 0.835. The van der Waals surface area contributed by atoms with Crippen molar-refractivity contribution in [3.05, 3.63) is 0 Å². The van der Waals surface area contributed by atoms with Crippen LogP contribution >= 0.6 is 0 Å². The van der Waals surface area contributed by atoms with Crippen molar-refractivity contribution in [2.75, 3.05) is 13.1 Å². The number of rotatable bonds is 5. The molecule has 0 spiro atoms. The Hall–Kier alpha value is -0.130. The lowest BCUT2D eigenvalue weighted by Gasteiger charge is -2.29. The minimum atomic E-state index is -3.16. The lowest BCUT2D eigenvalue weighted by atomic mass is 10.1. The van der Waals surface area contributed by atoms with E-state index in [-0.39, 0.29) is 11.3 Å². The van der Waals surface area contributed by atoms with E-state index < -0.39 is 10.0 Å². The van der Waals surface area contributed by atoms with Crippen LogP contribution in [0.1, 0.15) is 53.4 Å². The third-order valence-corrected chi connectivity index (χ3v) is 6.02. The molecule has 1 fully saturated rings. The molecule has 0 aromatic carbocycles. The van der Waals surface area contributed by atoms with E-state index in [0.29, 0.717) is 19.1 Å². The van der Waals surface area contributed by atoms with Gasteiger partial charge in [0.2, 0.25) is 10.0 Å². The summed E-state index contributed by atoms with van der Waals surface area (Å²) >= 11 is 0. The Morgan fingerprint density at radius 1 is 1.22 bits per heavy atom. The van der Waals surface area contributed by atoms with Crippen LogP contribution in [0, 0.1) is 0 Å². The number of sulfonamides is 1. The summed E-state index contributed by atoms with van der Waals surface area (Å²) in [6.45, 7) is 9.13. The summed E-state index contributed by atoms with van der Waals surface area (Å²) in [6, 6.07) is 0.475. The van der Waals surface area contributed by atoms with Crippen molar-refractivity contribution in [3.63, 3.8) is 0 Å². The van der Waals surface area contributed by atoms with Crippen molar-refractivity contribution in [1.29, 1.82) is 0 Å². The molecule has 18 heavy (non-hydrogen) atoms. The lowest BCUT2D eigenvalue weighted by Crippen LogP contribution is -2.46. The first-order valence-electron chi connectivity index (χ1n) is 7.09. The van der Waals surface area contributed by atoms with Crippen molar-refractivity contribution < 1.29 is 8.42 Å². The maximum absolute atomic E-state index is 12.5. The Balaban J connectivity index is 2.70. The van der Waals surface area contributed by atoms with Crippen LogP contribution in [0.5, 0.6) is 0 Å². The van der Waals surface area contributed by atoms with Crippen LogP contribution in [-0.4, -0.2) is 43.1 Å². The standard InChI is InChI=1S/C13H28N2O2S/c1-11(2)14-10-13(4)18(16,17)15-9-7-5-6-8-12(15)3/h11-14H,5-10H2,1-4H3. The largest absolute Gasteiger partial charge is 0.313 e. The summed E-state index contributed by atoms with van der Waals surface area (Å²) < 4.78 is 26.8. The van der Waals surface area contributed by atoms with Gasteiger partial charge in [0.1, 0.15) is 0 Å². The molecular formula is C13H28N2O2S. The van der Waals surface area contributed by atoms with E-state index >= 15 is 0 Å². The van der Waals surface area contributed by atoms with Crippen LogP contribution < -0.4 is 5.32 Å². The van der Waals surface area contributed by atoms with Gasteiger partial charge in [0.05, 0.1) is 5.25 Å². The van der Waals surface area contributed by atoms with Crippen LogP contribution in [0.4, 0.5) is 0 Å². The predicted molar refractivity (Wildman–Crippen MR) is 76.2 cm³/mol. The summed E-state index contributed by atoms with van der Waals surface area (Å²) in [7, 11) is -3.16. The average Bonchev–Trinajstić information content (AvgIpc) is 2.50. The minimum Gasteiger partial charge on any atom is -0.313 e. The van der Waals surface area contributed by atoms with Crippen molar-refractivity contribution in [2.24, 2.45) is 0 Å². The number of nitrogens with zero attached hydrogens (tertiary/aromatic N) is 1. The van der Waals surface area contributed by atoms with E-state index in [0.717, 1.165) is 25.7 Å². The summed E-state index contributed by atoms with van der Waals surface area (Å²) in [5.74, 6) is 0. The van der Waals surface area contributed by atoms with Gasteiger partial charge in [-0.1, -0.05) is 26.7 Å². The summed E-state index contributed by atoms with van der Waals surface area (Å²) in [5.41, 5.74) is 0. The van der Waals surface area contributed by atoms with Crippen molar-refractivity contribution >= 4 is 10.0 Å². The molecule has 1 rings (SSSR count). The van der Waals surface area contributed by atoms with Gasteiger partial charge in [0.25, 0.3) is 0 Å². The Kier molecular flexibility index (Phi) is 6.08. The molecule has 2 unspecified atom stereocenters. The molecule has 0 amide bonds. The highest BCUT2D eigenvalue weighted by molar-refractivity contribution is 7.89. The molecular weight excluding hydrogens is 248 g/mol. The maximum atomic E-state index is 12.5. The molecule has 4 nitrogen and oxygen atoms in total. The molecule has 5 heteroatoms. The first-order valence-corrected chi connectivity index (χ1v) is 8.60. The topological polar surface area (TPSA) is 49.4 Å². The fraction of sp³-hybridized carbons (Fsp3) is 1.00. The zero-order chi connectivity index (χ0) is 13.8. The SMILES string of the molecule is CC(C)NCC(C)S(=O)(=O)N1CCCCCC1C. The lowest BCUT2D eigenvalue weighted by molar-refractivity contribution is 0.336. The number of nitrogens with one attached hydrogen (secondary N) is 1. The molecule has 1 saturated heterocycles. The van der Waals surface area contributed by atoms with Gasteiger partial charge in [0, 0.05) is 25.2 Å². The van der Waals surface area contributed by atoms with Gasteiger partial charge < -0.3 is 5.32 Å². The highest BCUT2D eigenvalue weighted by atomic mass is 32.2. The molecule has 0 radical (unpaired) electrons. The smallest absolute Gasteiger partial charge is 0.218 e. The van der Waals surface area contributed by atoms with E-state index in [1.165, 1.54) is 0 Å². The highest BCUT2D eigenvalue weighted by Crippen LogP contribution is 2.21. The molecule has 1 aliphatic rings. The second-order valence-electron chi connectivity index (χ2n) is 5.73. The number of hydrogen-bond donors (Lipinski definition) is 1. The van der Waals surface area contributed by atoms with Gasteiger partial charge in [-0.05, 0) is 26.7 Å². The molecule has 0 saturated carbocycles. The molecule has 0 aromatic heterocycles. The summed E-state index contributed by atoms with van der Waals surface area (Å²) in [5, 5.41) is 2.87. The zero-order valence-electron chi connectivity index (χ0n) is 12.1. The molecule has 1 N–H and O–H groups in total. The van der Waals surface area contributed by atoms with Crippen molar-refractivity contribution in [2.45, 2.75) is 70.7 Å². The zero-order valence-corrected chi connectivity index (χ0v) is 13.0. The Morgan fingerprint density at radius 2 is 1.89 bits per heavy atom. The van der Waals surface area contributed by atoms with Gasteiger partial charge >= 0.3 is 0 Å². The first kappa shape index (κ1) is 15.9. The molecule has 0 bridgehead atoms. The van der Waals surface area contributed by atoms with E-state index in [9.17, 15) is 8.42 Å². The van der Waals surface area contributed by atoms with E-state index in [2.05, 4.69) is 5.32 Å². The fourth-order valence-electron chi connectivity index (χ4n) is 2.36. The Bertz CT molecular complexity index is 341. The van der Waals surface area contributed by atoms with Crippen LogP contribution in [-0.2, 0) is 10.0 Å². The van der Waals surface area contributed by atoms with Gasteiger partial charge in [0.15, 0.2) is 0 Å². The Morgan fingerprint density at radius 3 is 2.50 bits per heavy atom. The van der Waals surface area contributed by atoms with Crippen molar-refractivity contribution in [1.82, 2.24) is 9.62 Å². The average molecular weight is 276 g/mol. The first-order chi connectivity index (χ1) is 8.35. The molecule has 108 valence electrons. The molecule has 2 atom stereocenters. The van der Waals surface area contributed by atoms with Crippen LogP contribution in [0.2, 0.25) is 0 Å². The third kappa shape index (κ3) is 4.21. The fourth-order valence-corrected chi connectivity index (χ4v) is 4.12. The summed E-state index contributed by atoms with van der Waals surface area (Å²) in [4.78, 5) is 0. The Labute approximate surface area is 112 Å². The summed E-state index contributed by atoms with van der Waals surface area (Å²) in [6.07, 6.45) is 4.28. The molecule has 1 heterocycles. The highest BCUT2D eigenvalue weighted by Gasteiger charge is 2.32. The van der Waals surface area contributed by atoms with Gasteiger partial charge in [-0.15, -0.1) is 0 Å². The van der Waals surface area contributed by atoms with Crippen LogP contribution in [0.15, 0.2) is 0 Å². The van der Waals surface area contributed by atoms with E-state index in [1.807, 2.05) is 27.7 Å². The van der Waals surface area contributed by atoms with Crippen molar-refractivity contribution in [3.8, 4) is 0 Å². The van der Waals surface area contributed by atoms with Gasteiger partial charge in [-0.25, -0.2) is 8.42 Å². The molecule has 0 aromatic rings. The van der Waals surface area contributed by atoms with Crippen LogP contribution in [0.25, 0.3) is 0 Å². The number of hydrogen-bond acceptors (Lipinski definition) is 3. The minimum absolute atomic E-state index is 0.152. The third-order valence-electron chi connectivity index (χ3n) is 3.64. The normalized spacial score (nSPS) is 25.1. The predicted octanol–water partition coefficient (Wildman–Crippen LogP) is 1.97. The van der Waals surface area contributed by atoms with Crippen LogP contribution in [0.3, 0.4) is 0 Å². The van der Waals surface area contributed by atoms with E-state index in [4.69, 9.17) is 0 Å². The van der Waals surface area contributed by atoms with Gasteiger partial charge in [-0.3, -0.25) is 0 Å². The van der Waals surface area contributed by atoms with Gasteiger partial charge in [-0.2, -0.15) is 4.31 Å². The van der Waals surface area contributed by atoms with E-state index in [1.54, 1.807) is 4.31 Å².